The fourth-order valence-electron chi connectivity index (χ4n) is 2.53. The Morgan fingerprint density at radius 3 is 2.76 bits per heavy atom. The number of nitrogens with one attached hydrogen (secondary N) is 2. The molecule has 0 saturated heterocycles. The molecule has 2 heterocycles. The maximum Gasteiger partial charge on any atom is 0.228 e. The van der Waals surface area contributed by atoms with Gasteiger partial charge in [0.05, 0.1) is 6.26 Å². The predicted octanol–water partition coefficient (Wildman–Crippen LogP) is 3.30. The summed E-state index contributed by atoms with van der Waals surface area (Å²) in [4.78, 5) is 8.60. The smallest absolute Gasteiger partial charge is 0.228 e. The van der Waals surface area contributed by atoms with Gasteiger partial charge in [0.2, 0.25) is 11.7 Å². The lowest BCUT2D eigenvalue weighted by molar-refractivity contribution is 0.105. The summed E-state index contributed by atoms with van der Waals surface area (Å²) in [5, 5.41) is 11.1. The van der Waals surface area contributed by atoms with Crippen LogP contribution in [0.1, 0.15) is 18.1 Å². The van der Waals surface area contributed by atoms with E-state index >= 15 is 0 Å². The van der Waals surface area contributed by atoms with E-state index in [0.717, 1.165) is 24.3 Å². The van der Waals surface area contributed by atoms with Crippen LogP contribution in [0.25, 0.3) is 11.4 Å². The summed E-state index contributed by atoms with van der Waals surface area (Å²) in [6.45, 7) is 2.50. The number of benzene rings is 1. The molecule has 2 aromatic heterocycles. The highest BCUT2D eigenvalue weighted by Gasteiger charge is 2.08. The van der Waals surface area contributed by atoms with E-state index in [0.29, 0.717) is 48.9 Å². The van der Waals surface area contributed by atoms with E-state index in [9.17, 15) is 0 Å². The summed E-state index contributed by atoms with van der Waals surface area (Å²) in [5.41, 5.74) is 0.865. The minimum absolute atomic E-state index is 0.488. The molecule has 29 heavy (non-hydrogen) atoms. The minimum atomic E-state index is 0.488. The van der Waals surface area contributed by atoms with Crippen LogP contribution in [-0.2, 0) is 17.8 Å². The summed E-state index contributed by atoms with van der Waals surface area (Å²) >= 11 is 5.90. The van der Waals surface area contributed by atoms with Crippen molar-refractivity contribution in [2.45, 2.75) is 19.4 Å². The molecule has 0 fully saturated rings. The number of furan rings is 1. The molecule has 0 atom stereocenters. The van der Waals surface area contributed by atoms with Crippen LogP contribution in [0, 0.1) is 0 Å². The molecular formula is C20H24ClN5O3. The lowest BCUT2D eigenvalue weighted by atomic mass is 10.2. The second-order valence-corrected chi connectivity index (χ2v) is 6.62. The second-order valence-electron chi connectivity index (χ2n) is 6.18. The third-order valence-electron chi connectivity index (χ3n) is 4.01. The van der Waals surface area contributed by atoms with Crippen LogP contribution in [0.2, 0.25) is 5.02 Å². The van der Waals surface area contributed by atoms with Crippen LogP contribution < -0.4 is 10.6 Å². The minimum Gasteiger partial charge on any atom is -0.467 e. The number of ether oxygens (including phenoxy) is 1. The largest absolute Gasteiger partial charge is 0.467 e. The summed E-state index contributed by atoms with van der Waals surface area (Å²) in [7, 11) is 1.73. The van der Waals surface area contributed by atoms with Crippen LogP contribution in [0.4, 0.5) is 0 Å². The van der Waals surface area contributed by atoms with E-state index in [1.807, 2.05) is 24.3 Å². The zero-order valence-corrected chi connectivity index (χ0v) is 17.0. The molecule has 2 N–H and O–H groups in total. The number of halogens is 1. The highest BCUT2D eigenvalue weighted by molar-refractivity contribution is 6.30. The Morgan fingerprint density at radius 2 is 2.00 bits per heavy atom. The average Bonchev–Trinajstić information content (AvgIpc) is 3.42. The van der Waals surface area contributed by atoms with Gasteiger partial charge in [-0.25, -0.2) is 0 Å². The molecule has 0 bridgehead atoms. The number of hydrogen-bond acceptors (Lipinski definition) is 6. The molecular weight excluding hydrogens is 394 g/mol. The van der Waals surface area contributed by atoms with Gasteiger partial charge in [-0.1, -0.05) is 16.8 Å². The van der Waals surface area contributed by atoms with Gasteiger partial charge in [-0.05, 0) is 42.8 Å². The Hall–Kier alpha value is -2.84. The lowest BCUT2D eigenvalue weighted by Gasteiger charge is -2.11. The van der Waals surface area contributed by atoms with Gasteiger partial charge in [0, 0.05) is 43.8 Å². The van der Waals surface area contributed by atoms with E-state index < -0.39 is 0 Å². The molecule has 3 aromatic rings. The Bertz CT molecular complexity index is 878. The first-order chi connectivity index (χ1) is 14.2. The molecule has 9 heteroatoms. The fourth-order valence-corrected chi connectivity index (χ4v) is 2.66. The van der Waals surface area contributed by atoms with Crippen molar-refractivity contribution >= 4 is 17.6 Å². The highest BCUT2D eigenvalue weighted by atomic mass is 35.5. The number of aliphatic imine (C=N–C) groups is 1. The van der Waals surface area contributed by atoms with Gasteiger partial charge in [-0.15, -0.1) is 0 Å². The number of nitrogens with zero attached hydrogens (tertiary/aromatic N) is 3. The van der Waals surface area contributed by atoms with Crippen molar-refractivity contribution in [1.82, 2.24) is 20.8 Å². The summed E-state index contributed by atoms with van der Waals surface area (Å²) < 4.78 is 16.1. The topological polar surface area (TPSA) is 97.7 Å². The van der Waals surface area contributed by atoms with Crippen LogP contribution in [0.3, 0.4) is 0 Å². The molecule has 0 amide bonds. The molecule has 3 rings (SSSR count). The van der Waals surface area contributed by atoms with E-state index in [1.165, 1.54) is 0 Å². The maximum atomic E-state index is 5.90. The van der Waals surface area contributed by atoms with Crippen molar-refractivity contribution in [2.75, 3.05) is 26.7 Å². The molecule has 0 spiro atoms. The van der Waals surface area contributed by atoms with Gasteiger partial charge >= 0.3 is 0 Å². The van der Waals surface area contributed by atoms with Crippen molar-refractivity contribution in [1.29, 1.82) is 0 Å². The predicted molar refractivity (Wildman–Crippen MR) is 111 cm³/mol. The monoisotopic (exact) mass is 417 g/mol. The molecule has 1 aromatic carbocycles. The Morgan fingerprint density at radius 1 is 1.17 bits per heavy atom. The summed E-state index contributed by atoms with van der Waals surface area (Å²) in [6.07, 6.45) is 3.09. The number of aromatic nitrogens is 2. The van der Waals surface area contributed by atoms with Crippen molar-refractivity contribution in [3.8, 4) is 11.4 Å². The van der Waals surface area contributed by atoms with Gasteiger partial charge in [-0.3, -0.25) is 4.99 Å². The third-order valence-corrected chi connectivity index (χ3v) is 4.26. The first kappa shape index (κ1) is 20.9. The standard InChI is InChI=1S/C20H24ClN5O3/c1-22-20(23-10-3-12-27-14-17-4-2-13-28-17)24-11-9-18-25-19(26-29-18)15-5-7-16(21)8-6-15/h2,4-8,13H,3,9-12,14H2,1H3,(H2,22,23,24). The Balaban J connectivity index is 1.31. The van der Waals surface area contributed by atoms with Gasteiger partial charge in [-0.2, -0.15) is 4.98 Å². The zero-order valence-electron chi connectivity index (χ0n) is 16.2. The third kappa shape index (κ3) is 6.92. The summed E-state index contributed by atoms with van der Waals surface area (Å²) in [5.74, 6) is 2.65. The van der Waals surface area contributed by atoms with Crippen LogP contribution in [-0.4, -0.2) is 42.8 Å². The van der Waals surface area contributed by atoms with Gasteiger partial charge in [0.1, 0.15) is 12.4 Å². The van der Waals surface area contributed by atoms with Crippen molar-refractivity contribution < 1.29 is 13.7 Å². The fraction of sp³-hybridized carbons (Fsp3) is 0.350. The van der Waals surface area contributed by atoms with Crippen molar-refractivity contribution in [3.63, 3.8) is 0 Å². The number of hydrogen-bond donors (Lipinski definition) is 2. The van der Waals surface area contributed by atoms with Crippen molar-refractivity contribution in [3.05, 3.63) is 59.3 Å². The Kier molecular flexibility index (Phi) is 8.09. The van der Waals surface area contributed by atoms with E-state index in [1.54, 1.807) is 25.4 Å². The highest BCUT2D eigenvalue weighted by Crippen LogP contribution is 2.18. The summed E-state index contributed by atoms with van der Waals surface area (Å²) in [6, 6.07) is 11.1. The molecule has 0 unspecified atom stereocenters. The van der Waals surface area contributed by atoms with Crippen LogP contribution in [0.5, 0.6) is 0 Å². The van der Waals surface area contributed by atoms with Gasteiger partial charge in [0.15, 0.2) is 5.96 Å². The van der Waals surface area contributed by atoms with E-state index in [2.05, 4.69) is 25.8 Å². The van der Waals surface area contributed by atoms with Crippen molar-refractivity contribution in [2.24, 2.45) is 4.99 Å². The average molecular weight is 418 g/mol. The van der Waals surface area contributed by atoms with Crippen LogP contribution >= 0.6 is 11.6 Å². The molecule has 0 radical (unpaired) electrons. The molecule has 0 aliphatic carbocycles. The van der Waals surface area contributed by atoms with Gasteiger partial charge in [0.25, 0.3) is 0 Å². The number of rotatable bonds is 10. The quantitative estimate of drug-likeness (QED) is 0.296. The zero-order chi connectivity index (χ0) is 20.3. The first-order valence-corrected chi connectivity index (χ1v) is 9.75. The van der Waals surface area contributed by atoms with E-state index in [4.69, 9.17) is 25.3 Å². The molecule has 154 valence electrons. The first-order valence-electron chi connectivity index (χ1n) is 9.38. The van der Waals surface area contributed by atoms with Gasteiger partial charge < -0.3 is 24.3 Å². The maximum absolute atomic E-state index is 5.90. The SMILES string of the molecule is CN=C(NCCCOCc1ccco1)NCCc1nc(-c2ccc(Cl)cc2)no1. The lowest BCUT2D eigenvalue weighted by Crippen LogP contribution is -2.39. The van der Waals surface area contributed by atoms with Crippen LogP contribution in [0.15, 0.2) is 56.6 Å². The molecule has 0 saturated carbocycles. The second kappa shape index (κ2) is 11.2. The Labute approximate surface area is 174 Å². The molecule has 8 nitrogen and oxygen atoms in total. The number of guanidine groups is 1. The molecule has 0 aliphatic heterocycles. The van der Waals surface area contributed by atoms with E-state index in [-0.39, 0.29) is 0 Å². The molecule has 0 aliphatic rings. The normalized spacial score (nSPS) is 11.6.